The first-order chi connectivity index (χ1) is 20.6. The van der Waals surface area contributed by atoms with Gasteiger partial charge in [-0.3, -0.25) is 9.80 Å². The van der Waals surface area contributed by atoms with Crippen molar-refractivity contribution in [2.75, 3.05) is 57.9 Å². The number of hydrogen-bond donors (Lipinski definition) is 2. The highest BCUT2D eigenvalue weighted by Crippen LogP contribution is 2.36. The molecule has 0 unspecified atom stereocenters. The lowest BCUT2D eigenvalue weighted by molar-refractivity contribution is 0.0719. The normalized spacial score (nSPS) is 15.0. The second-order valence-corrected chi connectivity index (χ2v) is 12.6. The van der Waals surface area contributed by atoms with Crippen molar-refractivity contribution in [3.05, 3.63) is 63.6 Å². The van der Waals surface area contributed by atoms with Gasteiger partial charge in [-0.15, -0.1) is 22.7 Å². The van der Waals surface area contributed by atoms with Gasteiger partial charge in [0.2, 0.25) is 0 Å². The van der Waals surface area contributed by atoms with E-state index in [9.17, 15) is 5.11 Å². The first kappa shape index (κ1) is 30.5. The number of aliphatic hydroxyl groups excluding tert-OH is 1. The first-order valence-corrected chi connectivity index (χ1v) is 16.3. The van der Waals surface area contributed by atoms with Crippen LogP contribution in [0.3, 0.4) is 0 Å². The molecule has 224 valence electrons. The number of likely N-dealkylation sites (tertiary alicyclic amines) is 1. The number of hydrogen-bond acceptors (Lipinski definition) is 11. The average Bonchev–Trinajstić information content (AvgIpc) is 3.68. The SMILES string of the molecule is CCN(CCO)c1nc(-c2ccccc2/C=C\N)nc2cc(CN3CCC(N(CCOC)Cc4nccs4)CC3)sc12. The van der Waals surface area contributed by atoms with Crippen molar-refractivity contribution in [2.45, 2.75) is 38.9 Å². The van der Waals surface area contributed by atoms with Crippen LogP contribution in [0.2, 0.25) is 0 Å². The molecule has 42 heavy (non-hydrogen) atoms. The quantitative estimate of drug-likeness (QED) is 0.212. The Morgan fingerprint density at radius 2 is 2.02 bits per heavy atom. The number of benzene rings is 1. The highest BCUT2D eigenvalue weighted by molar-refractivity contribution is 7.19. The second-order valence-electron chi connectivity index (χ2n) is 10.4. The lowest BCUT2D eigenvalue weighted by atomic mass is 10.0. The molecule has 1 aromatic carbocycles. The Balaban J connectivity index is 1.36. The van der Waals surface area contributed by atoms with Crippen molar-refractivity contribution in [2.24, 2.45) is 5.73 Å². The summed E-state index contributed by atoms with van der Waals surface area (Å²) in [5.74, 6) is 1.55. The highest BCUT2D eigenvalue weighted by Gasteiger charge is 2.26. The monoisotopic (exact) mass is 607 g/mol. The summed E-state index contributed by atoms with van der Waals surface area (Å²) in [5, 5.41) is 13.0. The van der Waals surface area contributed by atoms with Crippen LogP contribution in [0.25, 0.3) is 27.7 Å². The zero-order valence-corrected chi connectivity index (χ0v) is 26.1. The first-order valence-electron chi connectivity index (χ1n) is 14.6. The molecule has 4 heterocycles. The van der Waals surface area contributed by atoms with Crippen LogP contribution in [0.15, 0.2) is 48.1 Å². The van der Waals surface area contributed by atoms with E-state index in [0.29, 0.717) is 18.4 Å². The minimum Gasteiger partial charge on any atom is -0.405 e. The summed E-state index contributed by atoms with van der Waals surface area (Å²) >= 11 is 3.49. The fraction of sp³-hybridized carbons (Fsp3) is 0.452. The Kier molecular flexibility index (Phi) is 10.9. The molecule has 3 aromatic heterocycles. The number of aromatic nitrogens is 3. The van der Waals surface area contributed by atoms with Crippen molar-refractivity contribution in [3.8, 4) is 11.4 Å². The van der Waals surface area contributed by atoms with E-state index >= 15 is 0 Å². The van der Waals surface area contributed by atoms with E-state index in [-0.39, 0.29) is 6.61 Å². The minimum atomic E-state index is 0.0677. The van der Waals surface area contributed by atoms with Crippen molar-refractivity contribution < 1.29 is 9.84 Å². The van der Waals surface area contributed by atoms with Gasteiger partial charge >= 0.3 is 0 Å². The van der Waals surface area contributed by atoms with Gasteiger partial charge in [-0.2, -0.15) is 0 Å². The predicted octanol–water partition coefficient (Wildman–Crippen LogP) is 4.68. The molecular formula is C31H41N7O2S2. The number of aliphatic hydroxyl groups is 1. The molecule has 0 saturated carbocycles. The summed E-state index contributed by atoms with van der Waals surface area (Å²) in [6.45, 7) is 8.97. The number of ether oxygens (including phenoxy) is 1. The standard InChI is InChI=1S/C31H41N7O2S2/c1-3-37(15-17-39)31-29-27(34-30(35-31)26-7-5-4-6-23(26)8-11-32)20-25(42-29)21-36-13-9-24(10-14-36)38(16-18-40-2)22-28-33-12-19-41-28/h4-8,11-12,19-20,24,39H,3,9-10,13-18,21-22,32H2,1-2H3/b11-8-. The van der Waals surface area contributed by atoms with Gasteiger partial charge in [0.05, 0.1) is 30.0 Å². The van der Waals surface area contributed by atoms with Gasteiger partial charge in [0.25, 0.3) is 0 Å². The highest BCUT2D eigenvalue weighted by atomic mass is 32.1. The molecule has 1 saturated heterocycles. The molecule has 1 fully saturated rings. The number of rotatable bonds is 14. The summed E-state index contributed by atoms with van der Waals surface area (Å²) in [4.78, 5) is 23.1. The van der Waals surface area contributed by atoms with E-state index in [4.69, 9.17) is 20.4 Å². The zero-order chi connectivity index (χ0) is 29.3. The van der Waals surface area contributed by atoms with Gasteiger partial charge in [-0.1, -0.05) is 24.3 Å². The third-order valence-corrected chi connectivity index (χ3v) is 9.66. The lowest BCUT2D eigenvalue weighted by Crippen LogP contribution is -2.45. The van der Waals surface area contributed by atoms with E-state index in [1.807, 2.05) is 36.5 Å². The van der Waals surface area contributed by atoms with E-state index < -0.39 is 0 Å². The number of nitrogens with zero attached hydrogens (tertiary/aromatic N) is 6. The van der Waals surface area contributed by atoms with E-state index in [2.05, 4.69) is 38.1 Å². The molecule has 0 bridgehead atoms. The predicted molar refractivity (Wildman–Crippen MR) is 174 cm³/mol. The third-order valence-electron chi connectivity index (χ3n) is 7.79. The smallest absolute Gasteiger partial charge is 0.162 e. The number of fused-ring (bicyclic) bond motifs is 1. The average molecular weight is 608 g/mol. The number of likely N-dealkylation sites (N-methyl/N-ethyl adjacent to an activating group) is 1. The number of thiazole rings is 1. The van der Waals surface area contributed by atoms with Gasteiger partial charge in [-0.05, 0) is 43.7 Å². The van der Waals surface area contributed by atoms with E-state index in [1.54, 1.807) is 36.0 Å². The molecular weight excluding hydrogens is 567 g/mol. The van der Waals surface area contributed by atoms with Crippen LogP contribution in [-0.2, 0) is 17.8 Å². The summed E-state index contributed by atoms with van der Waals surface area (Å²) in [7, 11) is 1.77. The number of nitrogens with two attached hydrogens (primary N) is 1. The molecule has 0 radical (unpaired) electrons. The molecule has 5 rings (SSSR count). The number of piperidine rings is 1. The van der Waals surface area contributed by atoms with Crippen molar-refractivity contribution in [1.82, 2.24) is 24.8 Å². The van der Waals surface area contributed by atoms with Gasteiger partial charge in [0.15, 0.2) is 11.6 Å². The molecule has 11 heteroatoms. The summed E-state index contributed by atoms with van der Waals surface area (Å²) < 4.78 is 6.48. The Bertz CT molecular complexity index is 1430. The van der Waals surface area contributed by atoms with Crippen LogP contribution in [0.4, 0.5) is 5.82 Å². The van der Waals surface area contributed by atoms with Crippen molar-refractivity contribution >= 4 is 44.8 Å². The fourth-order valence-corrected chi connectivity index (χ4v) is 7.42. The largest absolute Gasteiger partial charge is 0.405 e. The summed E-state index contributed by atoms with van der Waals surface area (Å²) in [6.07, 6.45) is 7.57. The summed E-state index contributed by atoms with van der Waals surface area (Å²) in [5.41, 5.74) is 8.59. The van der Waals surface area contributed by atoms with Crippen LogP contribution >= 0.6 is 22.7 Å². The van der Waals surface area contributed by atoms with Gasteiger partial charge in [-0.25, -0.2) is 15.0 Å². The topological polar surface area (TPSA) is 104 Å². The van der Waals surface area contributed by atoms with E-state index in [0.717, 1.165) is 85.9 Å². The molecule has 9 nitrogen and oxygen atoms in total. The Labute approximate surface area is 256 Å². The lowest BCUT2D eigenvalue weighted by Gasteiger charge is -2.38. The van der Waals surface area contributed by atoms with E-state index in [1.165, 1.54) is 9.88 Å². The minimum absolute atomic E-state index is 0.0677. The van der Waals surface area contributed by atoms with Gasteiger partial charge < -0.3 is 20.5 Å². The molecule has 3 N–H and O–H groups in total. The Morgan fingerprint density at radius 1 is 1.19 bits per heavy atom. The molecule has 0 amide bonds. The molecule has 0 aliphatic carbocycles. The second kappa shape index (κ2) is 15.0. The number of thiophene rings is 1. The third kappa shape index (κ3) is 7.34. The van der Waals surface area contributed by atoms with Gasteiger partial charge in [0, 0.05) is 74.4 Å². The molecule has 1 aliphatic heterocycles. The zero-order valence-electron chi connectivity index (χ0n) is 24.5. The van der Waals surface area contributed by atoms with Crippen LogP contribution in [0.5, 0.6) is 0 Å². The van der Waals surface area contributed by atoms with Crippen molar-refractivity contribution in [3.63, 3.8) is 0 Å². The van der Waals surface area contributed by atoms with Crippen LogP contribution in [0, 0.1) is 0 Å². The van der Waals surface area contributed by atoms with Crippen LogP contribution in [-0.4, -0.2) is 88.9 Å². The van der Waals surface area contributed by atoms with Crippen LogP contribution < -0.4 is 10.6 Å². The molecule has 4 aromatic rings. The number of anilines is 1. The maximum absolute atomic E-state index is 9.78. The molecule has 0 atom stereocenters. The maximum Gasteiger partial charge on any atom is 0.162 e. The van der Waals surface area contributed by atoms with Crippen molar-refractivity contribution in [1.29, 1.82) is 0 Å². The fourth-order valence-electron chi connectivity index (χ4n) is 5.63. The van der Waals surface area contributed by atoms with Gasteiger partial charge in [0.1, 0.15) is 5.01 Å². The molecule has 1 aliphatic rings. The summed E-state index contributed by atoms with van der Waals surface area (Å²) in [6, 6.07) is 10.8. The Hall–Kier alpha value is -2.93. The van der Waals surface area contributed by atoms with Crippen LogP contribution in [0.1, 0.15) is 35.2 Å². The molecule has 0 spiro atoms. The maximum atomic E-state index is 9.78. The number of methoxy groups -OCH3 is 1. The Morgan fingerprint density at radius 3 is 2.74 bits per heavy atom.